The Morgan fingerprint density at radius 2 is 1.74 bits per heavy atom. The van der Waals surface area contributed by atoms with Crippen molar-refractivity contribution in [3.63, 3.8) is 0 Å². The second-order valence-electron chi connectivity index (χ2n) is 6.99. The number of hydrogen-bond acceptors (Lipinski definition) is 3. The maximum absolute atomic E-state index is 13.3. The van der Waals surface area contributed by atoms with E-state index in [1.54, 1.807) is 37.4 Å². The number of rotatable bonds is 6. The van der Waals surface area contributed by atoms with E-state index in [2.05, 4.69) is 20.6 Å². The summed E-state index contributed by atoms with van der Waals surface area (Å²) < 4.78 is 13.3. The zero-order valence-corrected chi connectivity index (χ0v) is 19.3. The maximum Gasteiger partial charge on any atom is 0.261 e. The first-order valence-corrected chi connectivity index (χ1v) is 9.73. The van der Waals surface area contributed by atoms with Gasteiger partial charge in [-0.3, -0.25) is 19.5 Å². The average molecular weight is 535 g/mol. The number of amides is 2. The van der Waals surface area contributed by atoms with Gasteiger partial charge in [0.1, 0.15) is 5.82 Å². The minimum Gasteiger partial charge on any atom is -0.361 e. The molecule has 31 heavy (non-hydrogen) atoms. The second-order valence-corrected chi connectivity index (χ2v) is 6.99. The Bertz CT molecular complexity index is 1110. The number of carbonyl (C=O) groups is 2. The molecular weight excluding hydrogens is 512 g/mol. The Morgan fingerprint density at radius 1 is 1.06 bits per heavy atom. The van der Waals surface area contributed by atoms with Crippen molar-refractivity contribution in [2.45, 2.75) is 6.42 Å². The average Bonchev–Trinajstić information content (AvgIpc) is 3.26. The second kappa shape index (κ2) is 9.90. The lowest BCUT2D eigenvalue weighted by Gasteiger charge is -2.16. The third-order valence-corrected chi connectivity index (χ3v) is 5.15. The first-order chi connectivity index (χ1) is 14.6. The Morgan fingerprint density at radius 3 is 2.42 bits per heavy atom. The van der Waals surface area contributed by atoms with Gasteiger partial charge in [0.15, 0.2) is 5.96 Å². The van der Waals surface area contributed by atoms with Gasteiger partial charge in [0.25, 0.3) is 11.8 Å². The number of halogens is 2. The molecule has 162 valence electrons. The van der Waals surface area contributed by atoms with Crippen molar-refractivity contribution in [3.8, 4) is 0 Å². The van der Waals surface area contributed by atoms with Gasteiger partial charge in [-0.05, 0) is 42.3 Å². The van der Waals surface area contributed by atoms with Gasteiger partial charge in [0.05, 0.1) is 11.1 Å². The Labute approximate surface area is 196 Å². The number of hydrogen-bond donors (Lipinski definition) is 3. The van der Waals surface area contributed by atoms with Crippen LogP contribution in [-0.4, -0.2) is 54.3 Å². The Kier molecular flexibility index (Phi) is 7.26. The summed E-state index contributed by atoms with van der Waals surface area (Å²) in [4.78, 5) is 33.3. The third-order valence-electron chi connectivity index (χ3n) is 5.15. The highest BCUT2D eigenvalue weighted by Crippen LogP contribution is 2.22. The summed E-state index contributed by atoms with van der Waals surface area (Å²) in [6, 6.07) is 11.5. The molecule has 4 rings (SSSR count). The van der Waals surface area contributed by atoms with Crippen molar-refractivity contribution < 1.29 is 14.0 Å². The summed E-state index contributed by atoms with van der Waals surface area (Å²) in [5, 5.41) is 7.33. The van der Waals surface area contributed by atoms with Crippen LogP contribution in [0.15, 0.2) is 53.7 Å². The van der Waals surface area contributed by atoms with E-state index in [1.165, 1.54) is 17.0 Å². The first-order valence-electron chi connectivity index (χ1n) is 9.73. The minimum absolute atomic E-state index is 0. The number of H-pyrrole nitrogens is 1. The monoisotopic (exact) mass is 535 g/mol. The lowest BCUT2D eigenvalue weighted by Crippen LogP contribution is -2.43. The number of nitrogens with one attached hydrogen (secondary N) is 3. The summed E-state index contributed by atoms with van der Waals surface area (Å²) in [6.45, 7) is 1.26. The maximum atomic E-state index is 13.3. The number of nitrogens with zero attached hydrogens (tertiary/aromatic N) is 2. The van der Waals surface area contributed by atoms with E-state index in [0.717, 1.165) is 22.9 Å². The number of guanidine groups is 1. The van der Waals surface area contributed by atoms with E-state index in [1.807, 2.05) is 6.20 Å². The number of imide groups is 1. The molecule has 0 radical (unpaired) electrons. The van der Waals surface area contributed by atoms with Crippen LogP contribution in [0.25, 0.3) is 10.9 Å². The lowest BCUT2D eigenvalue weighted by atomic mass is 10.1. The highest BCUT2D eigenvalue weighted by atomic mass is 127. The fourth-order valence-corrected chi connectivity index (χ4v) is 3.63. The highest BCUT2D eigenvalue weighted by molar-refractivity contribution is 14.0. The van der Waals surface area contributed by atoms with Gasteiger partial charge >= 0.3 is 0 Å². The van der Waals surface area contributed by atoms with Crippen LogP contribution in [0.4, 0.5) is 4.39 Å². The van der Waals surface area contributed by atoms with Crippen LogP contribution < -0.4 is 10.6 Å². The first kappa shape index (κ1) is 22.7. The van der Waals surface area contributed by atoms with Crippen molar-refractivity contribution in [1.82, 2.24) is 20.5 Å². The van der Waals surface area contributed by atoms with Gasteiger partial charge in [0.2, 0.25) is 0 Å². The number of aromatic amines is 1. The number of aromatic nitrogens is 1. The molecule has 1 aliphatic rings. The number of aliphatic imine (C=N–C) groups is 1. The fraction of sp³-hybridized carbons (Fsp3) is 0.227. The normalized spacial score (nSPS) is 13.4. The van der Waals surface area contributed by atoms with E-state index in [0.29, 0.717) is 30.2 Å². The van der Waals surface area contributed by atoms with Crippen molar-refractivity contribution in [2.75, 3.05) is 26.7 Å². The molecule has 0 saturated carbocycles. The van der Waals surface area contributed by atoms with Gasteiger partial charge in [0, 0.05) is 43.8 Å². The predicted octanol–water partition coefficient (Wildman–Crippen LogP) is 2.93. The smallest absolute Gasteiger partial charge is 0.261 e. The summed E-state index contributed by atoms with van der Waals surface area (Å²) in [5.41, 5.74) is 2.75. The zero-order valence-electron chi connectivity index (χ0n) is 16.9. The van der Waals surface area contributed by atoms with Crippen molar-refractivity contribution in [2.24, 2.45) is 4.99 Å². The van der Waals surface area contributed by atoms with Crippen LogP contribution in [0.5, 0.6) is 0 Å². The molecule has 1 aliphatic heterocycles. The predicted molar refractivity (Wildman–Crippen MR) is 129 cm³/mol. The molecule has 0 bridgehead atoms. The van der Waals surface area contributed by atoms with Gasteiger partial charge in [-0.15, -0.1) is 24.0 Å². The molecule has 1 aromatic heterocycles. The van der Waals surface area contributed by atoms with Crippen LogP contribution in [0.1, 0.15) is 26.3 Å². The molecule has 9 heteroatoms. The van der Waals surface area contributed by atoms with Gasteiger partial charge in [-0.2, -0.15) is 0 Å². The van der Waals surface area contributed by atoms with E-state index < -0.39 is 0 Å². The number of benzene rings is 2. The Balaban J connectivity index is 0.00000272. The molecule has 3 aromatic rings. The van der Waals surface area contributed by atoms with Crippen LogP contribution in [0, 0.1) is 5.82 Å². The summed E-state index contributed by atoms with van der Waals surface area (Å²) in [6.07, 6.45) is 2.61. The zero-order chi connectivity index (χ0) is 21.1. The van der Waals surface area contributed by atoms with Crippen molar-refractivity contribution in [1.29, 1.82) is 0 Å². The summed E-state index contributed by atoms with van der Waals surface area (Å²) in [7, 11) is 1.66. The molecule has 7 nitrogen and oxygen atoms in total. The molecule has 3 N–H and O–H groups in total. The van der Waals surface area contributed by atoms with Crippen LogP contribution in [0.2, 0.25) is 0 Å². The topological polar surface area (TPSA) is 89.6 Å². The van der Waals surface area contributed by atoms with E-state index in [4.69, 9.17) is 0 Å². The molecule has 2 amide bonds. The SMILES string of the molecule is CN=C(NCCc1c[nH]c2cc(F)ccc12)NCCN1C(=O)c2ccccc2C1=O.I. The van der Waals surface area contributed by atoms with E-state index in [9.17, 15) is 14.0 Å². The quantitative estimate of drug-likeness (QED) is 0.196. The number of fused-ring (bicyclic) bond motifs is 2. The minimum atomic E-state index is -0.267. The largest absolute Gasteiger partial charge is 0.361 e. The fourth-order valence-electron chi connectivity index (χ4n) is 3.63. The van der Waals surface area contributed by atoms with Crippen LogP contribution >= 0.6 is 24.0 Å². The number of carbonyl (C=O) groups excluding carboxylic acids is 2. The molecule has 0 atom stereocenters. The van der Waals surface area contributed by atoms with Crippen molar-refractivity contribution >= 4 is 52.7 Å². The molecule has 0 unspecified atom stereocenters. The van der Waals surface area contributed by atoms with Gasteiger partial charge in [-0.1, -0.05) is 12.1 Å². The van der Waals surface area contributed by atoms with Crippen molar-refractivity contribution in [3.05, 3.63) is 71.2 Å². The molecule has 0 aliphatic carbocycles. The molecule has 0 saturated heterocycles. The highest BCUT2D eigenvalue weighted by Gasteiger charge is 2.34. The van der Waals surface area contributed by atoms with Crippen LogP contribution in [0.3, 0.4) is 0 Å². The standard InChI is InChI=1S/C22H22FN5O2.HI/c1-24-22(25-9-8-14-13-27-19-12-15(23)6-7-16(14)19)26-10-11-28-20(29)17-4-2-3-5-18(17)21(28)30;/h2-7,12-13,27H,8-11H2,1H3,(H2,24,25,26);1H. The van der Waals surface area contributed by atoms with Gasteiger partial charge in [-0.25, -0.2) is 4.39 Å². The Hall–Kier alpha value is -2.95. The third kappa shape index (κ3) is 4.71. The lowest BCUT2D eigenvalue weighted by molar-refractivity contribution is 0.0657. The van der Waals surface area contributed by atoms with E-state index in [-0.39, 0.29) is 48.2 Å². The van der Waals surface area contributed by atoms with E-state index >= 15 is 0 Å². The molecule has 0 spiro atoms. The molecule has 2 aromatic carbocycles. The molecule has 0 fully saturated rings. The summed E-state index contributed by atoms with van der Waals surface area (Å²) >= 11 is 0. The molecular formula is C22H23FIN5O2. The van der Waals surface area contributed by atoms with Crippen LogP contribution in [-0.2, 0) is 6.42 Å². The van der Waals surface area contributed by atoms with Gasteiger partial charge < -0.3 is 15.6 Å². The summed E-state index contributed by atoms with van der Waals surface area (Å²) in [5.74, 6) is -0.221. The molecule has 2 heterocycles.